The van der Waals surface area contributed by atoms with Gasteiger partial charge >= 0.3 is 0 Å². The minimum atomic E-state index is -0.0177. The maximum atomic E-state index is 9.30. The highest BCUT2D eigenvalue weighted by atomic mass is 16.5. The Kier molecular flexibility index (Phi) is 5.38. The molecule has 0 saturated heterocycles. The number of aryl methyl sites for hydroxylation is 1. The van der Waals surface area contributed by atoms with Gasteiger partial charge in [0.2, 0.25) is 0 Å². The number of rotatable bonds is 5. The summed E-state index contributed by atoms with van der Waals surface area (Å²) in [6, 6.07) is 4.61. The molecular weight excluding hydrogens is 236 g/mol. The molecule has 104 valence electrons. The van der Waals surface area contributed by atoms with E-state index in [-0.39, 0.29) is 12.0 Å². The molecule has 3 nitrogen and oxygen atoms in total. The fourth-order valence-corrected chi connectivity index (χ4v) is 2.70. The number of benzene rings is 1. The van der Waals surface area contributed by atoms with Crippen molar-refractivity contribution < 1.29 is 4.74 Å². The van der Waals surface area contributed by atoms with Crippen LogP contribution in [0.4, 0.5) is 0 Å². The summed E-state index contributed by atoms with van der Waals surface area (Å²) in [6.07, 6.45) is 0.839. The van der Waals surface area contributed by atoms with E-state index in [0.29, 0.717) is 0 Å². The summed E-state index contributed by atoms with van der Waals surface area (Å²) in [4.78, 5) is 0. The van der Waals surface area contributed by atoms with Crippen LogP contribution in [0.3, 0.4) is 0 Å². The van der Waals surface area contributed by atoms with E-state index in [1.165, 1.54) is 11.1 Å². The van der Waals surface area contributed by atoms with E-state index in [9.17, 15) is 5.26 Å². The van der Waals surface area contributed by atoms with Gasteiger partial charge in [0.15, 0.2) is 0 Å². The normalized spacial score (nSPS) is 13.7. The molecule has 1 aromatic rings. The molecule has 0 aliphatic heterocycles. The first-order valence-corrected chi connectivity index (χ1v) is 6.73. The number of ether oxygens (including phenoxy) is 1. The molecule has 3 heteroatoms. The lowest BCUT2D eigenvalue weighted by molar-refractivity contribution is 0.405. The van der Waals surface area contributed by atoms with E-state index >= 15 is 0 Å². The Morgan fingerprint density at radius 1 is 1.32 bits per heavy atom. The Balaban J connectivity index is 3.38. The number of hydrogen-bond donors (Lipinski definition) is 1. The van der Waals surface area contributed by atoms with Gasteiger partial charge in [-0.2, -0.15) is 5.26 Å². The molecule has 0 heterocycles. The molecule has 0 amide bonds. The second-order valence-corrected chi connectivity index (χ2v) is 4.98. The van der Waals surface area contributed by atoms with Crippen LogP contribution in [0.5, 0.6) is 5.75 Å². The molecule has 1 aromatic carbocycles. The molecular formula is C16H24N2O. The monoisotopic (exact) mass is 260 g/mol. The van der Waals surface area contributed by atoms with Crippen molar-refractivity contribution >= 4 is 0 Å². The average Bonchev–Trinajstić information content (AvgIpc) is 2.41. The largest absolute Gasteiger partial charge is 0.496 e. The van der Waals surface area contributed by atoms with Crippen molar-refractivity contribution in [3.05, 3.63) is 28.3 Å². The first kappa shape index (κ1) is 15.5. The van der Waals surface area contributed by atoms with Crippen LogP contribution in [-0.4, -0.2) is 14.2 Å². The van der Waals surface area contributed by atoms with Gasteiger partial charge in [-0.1, -0.05) is 13.0 Å². The number of nitrogens with zero attached hydrogens (tertiary/aromatic N) is 1. The molecule has 0 bridgehead atoms. The van der Waals surface area contributed by atoms with Gasteiger partial charge in [-0.3, -0.25) is 0 Å². The fraction of sp³-hybridized carbons (Fsp3) is 0.562. The van der Waals surface area contributed by atoms with Crippen molar-refractivity contribution in [2.24, 2.45) is 5.92 Å². The molecule has 0 fully saturated rings. The number of methoxy groups -OCH3 is 1. The molecule has 2 unspecified atom stereocenters. The molecule has 0 radical (unpaired) electrons. The lowest BCUT2D eigenvalue weighted by atomic mass is 9.86. The van der Waals surface area contributed by atoms with Gasteiger partial charge < -0.3 is 10.1 Å². The van der Waals surface area contributed by atoms with E-state index in [1.54, 1.807) is 7.11 Å². The van der Waals surface area contributed by atoms with Gasteiger partial charge in [-0.05, 0) is 56.5 Å². The molecule has 0 aliphatic rings. The van der Waals surface area contributed by atoms with Gasteiger partial charge in [-0.25, -0.2) is 0 Å². The molecule has 0 spiro atoms. The van der Waals surface area contributed by atoms with Crippen molar-refractivity contribution in [3.8, 4) is 11.8 Å². The fourth-order valence-electron chi connectivity index (χ4n) is 2.70. The maximum absolute atomic E-state index is 9.30. The van der Waals surface area contributed by atoms with Crippen LogP contribution in [0.2, 0.25) is 0 Å². The zero-order valence-corrected chi connectivity index (χ0v) is 12.8. The van der Waals surface area contributed by atoms with Gasteiger partial charge in [0.1, 0.15) is 5.75 Å². The zero-order chi connectivity index (χ0) is 14.6. The molecule has 0 aliphatic carbocycles. The third-order valence-corrected chi connectivity index (χ3v) is 3.92. The van der Waals surface area contributed by atoms with E-state index in [1.807, 2.05) is 7.05 Å². The number of nitrogens with one attached hydrogen (secondary N) is 1. The van der Waals surface area contributed by atoms with Crippen LogP contribution in [0, 0.1) is 38.0 Å². The van der Waals surface area contributed by atoms with Crippen molar-refractivity contribution in [2.75, 3.05) is 14.2 Å². The quantitative estimate of drug-likeness (QED) is 0.882. The SMILES string of the molecule is CCC(C#N)C(NC)c1cc(C)c(OC)c(C)c1C. The van der Waals surface area contributed by atoms with Crippen molar-refractivity contribution in [1.82, 2.24) is 5.32 Å². The summed E-state index contributed by atoms with van der Waals surface area (Å²) in [5.74, 6) is 0.928. The van der Waals surface area contributed by atoms with Gasteiger partial charge in [0.25, 0.3) is 0 Å². The third-order valence-electron chi connectivity index (χ3n) is 3.92. The standard InChI is InChI=1S/C16H24N2O/c1-7-13(9-17)15(18-5)14-8-10(2)16(19-6)12(4)11(14)3/h8,13,15,18H,7H2,1-6H3. The Bertz CT molecular complexity index is 489. The minimum absolute atomic E-state index is 0.0177. The van der Waals surface area contributed by atoms with Crippen LogP contribution < -0.4 is 10.1 Å². The Morgan fingerprint density at radius 2 is 1.95 bits per heavy atom. The van der Waals surface area contributed by atoms with Crippen LogP contribution >= 0.6 is 0 Å². The lowest BCUT2D eigenvalue weighted by Crippen LogP contribution is -2.25. The smallest absolute Gasteiger partial charge is 0.124 e. The molecule has 19 heavy (non-hydrogen) atoms. The highest BCUT2D eigenvalue weighted by molar-refractivity contribution is 5.50. The predicted molar refractivity (Wildman–Crippen MR) is 78.4 cm³/mol. The minimum Gasteiger partial charge on any atom is -0.496 e. The highest BCUT2D eigenvalue weighted by Crippen LogP contribution is 2.34. The molecule has 2 atom stereocenters. The first-order chi connectivity index (χ1) is 9.01. The Hall–Kier alpha value is -1.53. The van der Waals surface area contributed by atoms with Gasteiger partial charge in [0.05, 0.1) is 19.1 Å². The first-order valence-electron chi connectivity index (χ1n) is 6.73. The molecule has 1 N–H and O–H groups in total. The van der Waals surface area contributed by atoms with Gasteiger partial charge in [-0.15, -0.1) is 0 Å². The molecule has 0 saturated carbocycles. The van der Waals surface area contributed by atoms with Crippen molar-refractivity contribution in [2.45, 2.75) is 40.2 Å². The second kappa shape index (κ2) is 6.58. The summed E-state index contributed by atoms with van der Waals surface area (Å²) in [7, 11) is 3.62. The summed E-state index contributed by atoms with van der Waals surface area (Å²) < 4.78 is 5.45. The van der Waals surface area contributed by atoms with Crippen LogP contribution in [-0.2, 0) is 0 Å². The third kappa shape index (κ3) is 2.90. The zero-order valence-electron chi connectivity index (χ0n) is 12.8. The summed E-state index contributed by atoms with van der Waals surface area (Å²) in [6.45, 7) is 8.28. The topological polar surface area (TPSA) is 45.0 Å². The van der Waals surface area contributed by atoms with E-state index in [4.69, 9.17) is 4.74 Å². The Labute approximate surface area is 116 Å². The van der Waals surface area contributed by atoms with Crippen molar-refractivity contribution in [3.63, 3.8) is 0 Å². The average molecular weight is 260 g/mol. The summed E-state index contributed by atoms with van der Waals surface area (Å²) in [5.41, 5.74) is 4.68. The molecule has 1 rings (SSSR count). The van der Waals surface area contributed by atoms with E-state index in [0.717, 1.165) is 23.3 Å². The Morgan fingerprint density at radius 3 is 2.37 bits per heavy atom. The number of hydrogen-bond acceptors (Lipinski definition) is 3. The number of nitriles is 1. The van der Waals surface area contributed by atoms with E-state index < -0.39 is 0 Å². The summed E-state index contributed by atoms with van der Waals surface area (Å²) in [5, 5.41) is 12.6. The van der Waals surface area contributed by atoms with Crippen LogP contribution in [0.25, 0.3) is 0 Å². The maximum Gasteiger partial charge on any atom is 0.124 e. The van der Waals surface area contributed by atoms with Gasteiger partial charge in [0, 0.05) is 6.04 Å². The van der Waals surface area contributed by atoms with Crippen LogP contribution in [0.1, 0.15) is 41.6 Å². The predicted octanol–water partition coefficient (Wildman–Crippen LogP) is 3.43. The summed E-state index contributed by atoms with van der Waals surface area (Å²) >= 11 is 0. The highest BCUT2D eigenvalue weighted by Gasteiger charge is 2.23. The second-order valence-electron chi connectivity index (χ2n) is 4.98. The molecule has 0 aromatic heterocycles. The van der Waals surface area contributed by atoms with Crippen LogP contribution in [0.15, 0.2) is 6.07 Å². The lowest BCUT2D eigenvalue weighted by Gasteiger charge is -2.25. The van der Waals surface area contributed by atoms with Crippen molar-refractivity contribution in [1.29, 1.82) is 5.26 Å². The van der Waals surface area contributed by atoms with E-state index in [2.05, 4.69) is 45.1 Å².